The lowest BCUT2D eigenvalue weighted by atomic mass is 10.1. The van der Waals surface area contributed by atoms with E-state index in [2.05, 4.69) is 10.9 Å². The van der Waals surface area contributed by atoms with Crippen LogP contribution in [0.5, 0.6) is 11.5 Å². The second kappa shape index (κ2) is 12.7. The number of carboxylic acids is 1. The van der Waals surface area contributed by atoms with Crippen LogP contribution in [0, 0.1) is 12.3 Å². The fraction of sp³-hybridized carbons (Fsp3) is 0.133. The van der Waals surface area contributed by atoms with E-state index in [-0.39, 0.29) is 30.3 Å². The van der Waals surface area contributed by atoms with Crippen LogP contribution in [0.2, 0.25) is 5.02 Å². The summed E-state index contributed by atoms with van der Waals surface area (Å²) in [5.41, 5.74) is 3.10. The third-order valence-corrected chi connectivity index (χ3v) is 5.80. The Hall–Kier alpha value is -4.38. The van der Waals surface area contributed by atoms with Gasteiger partial charge in [-0.2, -0.15) is 0 Å². The number of halogens is 2. The highest BCUT2D eigenvalue weighted by molar-refractivity contribution is 6.31. The predicted molar refractivity (Wildman–Crippen MR) is 145 cm³/mol. The molecule has 1 unspecified atom stereocenters. The van der Waals surface area contributed by atoms with E-state index >= 15 is 0 Å². The molecule has 4 aromatic rings. The van der Waals surface area contributed by atoms with Crippen LogP contribution in [0.1, 0.15) is 33.3 Å². The van der Waals surface area contributed by atoms with E-state index in [0.29, 0.717) is 5.02 Å². The maximum absolute atomic E-state index is 12.5. The Morgan fingerprint density at radius 3 is 2.71 bits per heavy atom. The molecule has 4 rings (SSSR count). The first-order chi connectivity index (χ1) is 18.5. The number of alkyl halides is 1. The van der Waals surface area contributed by atoms with Crippen molar-refractivity contribution >= 4 is 40.6 Å². The van der Waals surface area contributed by atoms with E-state index in [4.69, 9.17) is 32.2 Å². The van der Waals surface area contributed by atoms with Crippen LogP contribution in [0.25, 0.3) is 23.1 Å². The van der Waals surface area contributed by atoms with Crippen molar-refractivity contribution in [2.75, 3.05) is 20.1 Å². The van der Waals surface area contributed by atoms with E-state index in [0.717, 1.165) is 27.7 Å². The topological polar surface area (TPSA) is 77.9 Å². The zero-order valence-corrected chi connectivity index (χ0v) is 20.9. The van der Waals surface area contributed by atoms with Crippen molar-refractivity contribution in [3.63, 3.8) is 0 Å². The number of carbonyl (C=O) groups is 1. The Kier molecular flexibility index (Phi) is 8.94. The Bertz CT molecular complexity index is 1510. The van der Waals surface area contributed by atoms with Crippen LogP contribution in [-0.4, -0.2) is 36.1 Å². The Morgan fingerprint density at radius 1 is 1.08 bits per heavy atom. The number of benzene rings is 3. The van der Waals surface area contributed by atoms with Gasteiger partial charge >= 0.3 is 5.97 Å². The molecule has 1 N–H and O–H groups in total. The molecule has 0 aliphatic carbocycles. The van der Waals surface area contributed by atoms with Gasteiger partial charge in [0.05, 0.1) is 11.2 Å². The molecule has 0 amide bonds. The fourth-order valence-electron chi connectivity index (χ4n) is 3.75. The van der Waals surface area contributed by atoms with Gasteiger partial charge in [-0.05, 0) is 59.7 Å². The predicted octanol–water partition coefficient (Wildman–Crippen LogP) is 6.83. The first-order valence-corrected chi connectivity index (χ1v) is 11.9. The summed E-state index contributed by atoms with van der Waals surface area (Å²) < 4.78 is 28.8. The first-order valence-electron chi connectivity index (χ1n) is 11.5. The highest BCUT2D eigenvalue weighted by atomic mass is 35.5. The molecule has 6 nitrogen and oxygen atoms in total. The normalized spacial score (nSPS) is 11.8. The average molecular weight is 532 g/mol. The zero-order valence-electron chi connectivity index (χ0n) is 20.1. The van der Waals surface area contributed by atoms with Crippen molar-refractivity contribution in [3.8, 4) is 23.8 Å². The molecular formula is C30H23ClFNO5. The van der Waals surface area contributed by atoms with Crippen molar-refractivity contribution in [1.82, 2.24) is 4.98 Å². The number of fused-ring (bicyclic) bond motifs is 1. The molecule has 0 bridgehead atoms. The molecule has 1 heterocycles. The number of terminal acetylenes is 1. The van der Waals surface area contributed by atoms with Crippen LogP contribution in [0.4, 0.5) is 4.39 Å². The van der Waals surface area contributed by atoms with E-state index in [1.807, 2.05) is 66.7 Å². The monoisotopic (exact) mass is 531 g/mol. The number of hydrogen-bond acceptors (Lipinski definition) is 5. The van der Waals surface area contributed by atoms with Crippen LogP contribution >= 0.6 is 11.6 Å². The van der Waals surface area contributed by atoms with Crippen LogP contribution in [0.15, 0.2) is 72.8 Å². The lowest BCUT2D eigenvalue weighted by Gasteiger charge is -2.19. The van der Waals surface area contributed by atoms with Gasteiger partial charge in [0, 0.05) is 10.4 Å². The van der Waals surface area contributed by atoms with Gasteiger partial charge in [0.1, 0.15) is 36.4 Å². The largest absolute Gasteiger partial charge is 0.490 e. The standard InChI is InChI=1S/C30H23ClFNO5/c1-2-14-36-29(18-37-28-13-12-25(38-19-32)17-26(28)30(34)35)22-5-3-4-20(15-22)6-10-24-11-8-21-7-9-23(31)16-27(21)33-24/h1,3-13,15-17,29H,14,18-19H2,(H,34,35)/b10-6+. The number of carboxylic acid groups (broad SMARTS) is 1. The molecule has 0 saturated carbocycles. The van der Waals surface area contributed by atoms with Gasteiger partial charge < -0.3 is 19.3 Å². The fourth-order valence-corrected chi connectivity index (χ4v) is 3.92. The molecule has 0 radical (unpaired) electrons. The molecular weight excluding hydrogens is 509 g/mol. The molecule has 8 heteroatoms. The summed E-state index contributed by atoms with van der Waals surface area (Å²) in [4.78, 5) is 16.3. The molecule has 38 heavy (non-hydrogen) atoms. The van der Waals surface area contributed by atoms with Gasteiger partial charge in [-0.25, -0.2) is 14.2 Å². The molecule has 1 aromatic heterocycles. The molecule has 0 aliphatic rings. The van der Waals surface area contributed by atoms with Crippen molar-refractivity contribution in [2.45, 2.75) is 6.10 Å². The molecule has 0 saturated heterocycles. The van der Waals surface area contributed by atoms with Crippen molar-refractivity contribution < 1.29 is 28.5 Å². The lowest BCUT2D eigenvalue weighted by Crippen LogP contribution is -2.16. The highest BCUT2D eigenvalue weighted by Crippen LogP contribution is 2.27. The van der Waals surface area contributed by atoms with Crippen LogP contribution < -0.4 is 9.47 Å². The SMILES string of the molecule is C#CCOC(COc1ccc(OCF)cc1C(=O)O)c1cccc(/C=C/c2ccc3ccc(Cl)cc3n2)c1. The van der Waals surface area contributed by atoms with Crippen molar-refractivity contribution in [2.24, 2.45) is 0 Å². The van der Waals surface area contributed by atoms with Gasteiger partial charge in [-0.1, -0.05) is 53.9 Å². The average Bonchev–Trinajstić information content (AvgIpc) is 2.92. The summed E-state index contributed by atoms with van der Waals surface area (Å²) in [6, 6.07) is 21.1. The van der Waals surface area contributed by atoms with Crippen LogP contribution in [0.3, 0.4) is 0 Å². The van der Waals surface area contributed by atoms with Gasteiger partial charge in [-0.15, -0.1) is 6.42 Å². The van der Waals surface area contributed by atoms with Gasteiger partial charge in [-0.3, -0.25) is 0 Å². The highest BCUT2D eigenvalue weighted by Gasteiger charge is 2.18. The third kappa shape index (κ3) is 6.88. The molecule has 3 aromatic carbocycles. The van der Waals surface area contributed by atoms with Gasteiger partial charge in [0.2, 0.25) is 6.86 Å². The summed E-state index contributed by atoms with van der Waals surface area (Å²) in [5, 5.41) is 11.2. The van der Waals surface area contributed by atoms with Crippen LogP contribution in [-0.2, 0) is 4.74 Å². The summed E-state index contributed by atoms with van der Waals surface area (Å²) in [6.07, 6.45) is 8.64. The number of hydrogen-bond donors (Lipinski definition) is 1. The molecule has 0 aliphatic heterocycles. The lowest BCUT2D eigenvalue weighted by molar-refractivity contribution is 0.0375. The summed E-state index contributed by atoms with van der Waals surface area (Å²) in [5.74, 6) is 1.39. The van der Waals surface area contributed by atoms with E-state index in [1.165, 1.54) is 18.2 Å². The Morgan fingerprint density at radius 2 is 1.92 bits per heavy atom. The number of pyridine rings is 1. The maximum atomic E-state index is 12.5. The Balaban J connectivity index is 1.53. The smallest absolute Gasteiger partial charge is 0.339 e. The second-order valence-electron chi connectivity index (χ2n) is 8.11. The van der Waals surface area contributed by atoms with E-state index < -0.39 is 18.9 Å². The number of ether oxygens (including phenoxy) is 3. The number of aromatic carboxylic acids is 1. The number of rotatable bonds is 11. The third-order valence-electron chi connectivity index (χ3n) is 5.57. The minimum Gasteiger partial charge on any atom is -0.490 e. The van der Waals surface area contributed by atoms with Crippen molar-refractivity contribution in [1.29, 1.82) is 0 Å². The Labute approximate surface area is 224 Å². The molecule has 192 valence electrons. The number of aromatic nitrogens is 1. The summed E-state index contributed by atoms with van der Waals surface area (Å²) in [7, 11) is 0. The number of nitrogens with zero attached hydrogens (tertiary/aromatic N) is 1. The molecule has 0 spiro atoms. The van der Waals surface area contributed by atoms with Gasteiger partial charge in [0.15, 0.2) is 0 Å². The molecule has 1 atom stereocenters. The summed E-state index contributed by atoms with van der Waals surface area (Å²) in [6.45, 7) is -1.05. The minimum atomic E-state index is -1.23. The maximum Gasteiger partial charge on any atom is 0.339 e. The second-order valence-corrected chi connectivity index (χ2v) is 8.54. The van der Waals surface area contributed by atoms with E-state index in [1.54, 1.807) is 0 Å². The van der Waals surface area contributed by atoms with E-state index in [9.17, 15) is 14.3 Å². The van der Waals surface area contributed by atoms with Gasteiger partial charge in [0.25, 0.3) is 0 Å². The minimum absolute atomic E-state index is 0.00850. The quantitative estimate of drug-likeness (QED) is 0.214. The zero-order chi connectivity index (χ0) is 26.9. The first kappa shape index (κ1) is 26.7. The molecule has 0 fully saturated rings. The summed E-state index contributed by atoms with van der Waals surface area (Å²) >= 11 is 6.10. The van der Waals surface area contributed by atoms with Crippen molar-refractivity contribution in [3.05, 3.63) is 100 Å².